The molecule has 11 heavy (non-hydrogen) atoms. The molecule has 57 valence electrons. The van der Waals surface area contributed by atoms with E-state index in [9.17, 15) is 4.79 Å². The van der Waals surface area contributed by atoms with Gasteiger partial charge in [-0.25, -0.2) is 0 Å². The summed E-state index contributed by atoms with van der Waals surface area (Å²) in [5.41, 5.74) is 1.40. The average Bonchev–Trinajstić information content (AvgIpc) is 1.93. The fourth-order valence-electron chi connectivity index (χ4n) is 0.748. The Balaban J connectivity index is 2.86. The molecule has 0 saturated carbocycles. The highest BCUT2D eigenvalue weighted by molar-refractivity contribution is 6.65. The lowest BCUT2D eigenvalue weighted by Gasteiger charge is -2.02. The van der Waals surface area contributed by atoms with Gasteiger partial charge in [0.25, 0.3) is 0 Å². The van der Waals surface area contributed by atoms with Gasteiger partial charge >= 0.3 is 5.37 Å². The topological polar surface area (TPSA) is 29.1 Å². The minimum Gasteiger partial charge on any atom is -0.312 e. The Labute approximate surface area is 70.2 Å². The fraction of sp³-hybridized carbons (Fsp3) is 0. The van der Waals surface area contributed by atoms with E-state index in [1.165, 1.54) is 0 Å². The summed E-state index contributed by atoms with van der Waals surface area (Å²) in [5, 5.41) is 1.84. The number of hydrogen-bond acceptors (Lipinski definition) is 1. The SMILES string of the molecule is [CH2]c1ccccc1NC(=O)Cl. The summed E-state index contributed by atoms with van der Waals surface area (Å²) in [6.07, 6.45) is 0. The molecular weight excluding hydrogens is 162 g/mol. The Morgan fingerprint density at radius 2 is 2.09 bits per heavy atom. The van der Waals surface area contributed by atoms with Gasteiger partial charge in [-0.05, 0) is 30.2 Å². The van der Waals surface area contributed by atoms with Crippen molar-refractivity contribution in [2.45, 2.75) is 0 Å². The van der Waals surface area contributed by atoms with Crippen molar-refractivity contribution in [1.82, 2.24) is 0 Å². The van der Waals surface area contributed by atoms with Crippen LogP contribution in [0.15, 0.2) is 24.3 Å². The predicted molar refractivity (Wildman–Crippen MR) is 45.8 cm³/mol. The molecule has 1 radical (unpaired) electrons. The third-order valence-corrected chi connectivity index (χ3v) is 1.34. The lowest BCUT2D eigenvalue weighted by Crippen LogP contribution is -2.01. The number of anilines is 1. The monoisotopic (exact) mass is 168 g/mol. The van der Waals surface area contributed by atoms with E-state index in [1.54, 1.807) is 18.2 Å². The van der Waals surface area contributed by atoms with E-state index >= 15 is 0 Å². The molecule has 1 aromatic rings. The van der Waals surface area contributed by atoms with Crippen molar-refractivity contribution in [1.29, 1.82) is 0 Å². The van der Waals surface area contributed by atoms with E-state index in [4.69, 9.17) is 11.6 Å². The molecule has 1 rings (SSSR count). The Morgan fingerprint density at radius 1 is 1.45 bits per heavy atom. The van der Waals surface area contributed by atoms with Gasteiger partial charge in [0.15, 0.2) is 0 Å². The maximum atomic E-state index is 10.4. The Kier molecular flexibility index (Phi) is 2.49. The first-order valence-electron chi connectivity index (χ1n) is 3.07. The van der Waals surface area contributed by atoms with Crippen LogP contribution in [0.2, 0.25) is 0 Å². The van der Waals surface area contributed by atoms with Crippen LogP contribution in [0, 0.1) is 6.92 Å². The van der Waals surface area contributed by atoms with Gasteiger partial charge in [0.1, 0.15) is 0 Å². The van der Waals surface area contributed by atoms with Gasteiger partial charge in [-0.2, -0.15) is 0 Å². The summed E-state index contributed by atoms with van der Waals surface area (Å²) < 4.78 is 0. The van der Waals surface area contributed by atoms with Gasteiger partial charge in [0, 0.05) is 5.69 Å². The quantitative estimate of drug-likeness (QED) is 0.507. The summed E-state index contributed by atoms with van der Waals surface area (Å²) in [4.78, 5) is 10.4. The van der Waals surface area contributed by atoms with Crippen LogP contribution in [0.5, 0.6) is 0 Å². The van der Waals surface area contributed by atoms with Crippen molar-refractivity contribution in [2.24, 2.45) is 0 Å². The highest BCUT2D eigenvalue weighted by Crippen LogP contribution is 2.13. The van der Waals surface area contributed by atoms with Gasteiger partial charge in [0.2, 0.25) is 0 Å². The summed E-state index contributed by atoms with van der Waals surface area (Å²) in [6.45, 7) is 3.70. The van der Waals surface area contributed by atoms with E-state index in [1.807, 2.05) is 6.07 Å². The zero-order valence-corrected chi connectivity index (χ0v) is 6.56. The number of carbonyl (C=O) groups excluding carboxylic acids is 1. The van der Waals surface area contributed by atoms with Crippen LogP contribution in [0.1, 0.15) is 5.56 Å². The van der Waals surface area contributed by atoms with E-state index < -0.39 is 5.37 Å². The normalized spacial score (nSPS) is 9.27. The van der Waals surface area contributed by atoms with Gasteiger partial charge in [-0.15, -0.1) is 0 Å². The minimum absolute atomic E-state index is 0.596. The molecule has 0 aliphatic carbocycles. The number of para-hydroxylation sites is 1. The van der Waals surface area contributed by atoms with E-state index in [-0.39, 0.29) is 0 Å². The number of hydrogen-bond donors (Lipinski definition) is 1. The van der Waals surface area contributed by atoms with Crippen LogP contribution in [-0.2, 0) is 0 Å². The number of amides is 1. The second-order valence-electron chi connectivity index (χ2n) is 2.06. The molecule has 0 fully saturated rings. The van der Waals surface area contributed by atoms with Crippen LogP contribution >= 0.6 is 11.6 Å². The molecular formula is C8H7ClNO. The molecule has 3 heteroatoms. The fourth-order valence-corrected chi connectivity index (χ4v) is 0.850. The zero-order valence-electron chi connectivity index (χ0n) is 5.80. The first-order valence-corrected chi connectivity index (χ1v) is 3.45. The highest BCUT2D eigenvalue weighted by Gasteiger charge is 1.98. The Morgan fingerprint density at radius 3 is 2.64 bits per heavy atom. The first-order chi connectivity index (χ1) is 5.20. The zero-order chi connectivity index (χ0) is 8.27. The molecule has 0 bridgehead atoms. The molecule has 1 N–H and O–H groups in total. The maximum absolute atomic E-state index is 10.4. The van der Waals surface area contributed by atoms with E-state index in [0.29, 0.717) is 5.69 Å². The van der Waals surface area contributed by atoms with Crippen LogP contribution in [0.3, 0.4) is 0 Å². The molecule has 0 spiro atoms. The molecule has 0 saturated heterocycles. The lowest BCUT2D eigenvalue weighted by molar-refractivity contribution is 0.269. The molecule has 1 aromatic carbocycles. The summed E-state index contributed by atoms with van der Waals surface area (Å²) in [7, 11) is 0. The van der Waals surface area contributed by atoms with Crippen molar-refractivity contribution in [3.8, 4) is 0 Å². The third-order valence-electron chi connectivity index (χ3n) is 1.25. The Bertz CT molecular complexity index is 273. The summed E-state index contributed by atoms with van der Waals surface area (Å²) >= 11 is 5.11. The van der Waals surface area contributed by atoms with E-state index in [2.05, 4.69) is 12.2 Å². The van der Waals surface area contributed by atoms with Gasteiger partial charge in [0.05, 0.1) is 0 Å². The average molecular weight is 169 g/mol. The van der Waals surface area contributed by atoms with Crippen LogP contribution in [-0.4, -0.2) is 5.37 Å². The van der Waals surface area contributed by atoms with Crippen molar-refractivity contribution in [3.63, 3.8) is 0 Å². The summed E-state index contributed by atoms with van der Waals surface area (Å²) in [5.74, 6) is 0. The van der Waals surface area contributed by atoms with Crippen molar-refractivity contribution in [3.05, 3.63) is 36.8 Å². The standard InChI is InChI=1S/C8H7ClNO/c1-6-4-2-3-5-7(6)10-8(9)11/h2-5H,1H2,(H,10,11). The van der Waals surface area contributed by atoms with Crippen LogP contribution < -0.4 is 5.32 Å². The first kappa shape index (κ1) is 8.08. The second kappa shape index (κ2) is 3.39. The number of rotatable bonds is 1. The summed E-state index contributed by atoms with van der Waals surface area (Å²) in [6, 6.07) is 7.17. The largest absolute Gasteiger partial charge is 0.318 e. The molecule has 0 unspecified atom stereocenters. The van der Waals surface area contributed by atoms with E-state index in [0.717, 1.165) is 5.56 Å². The molecule has 0 aliphatic heterocycles. The molecule has 0 aliphatic rings. The highest BCUT2D eigenvalue weighted by atomic mass is 35.5. The molecule has 0 atom stereocenters. The Hall–Kier alpha value is -1.02. The number of nitrogens with one attached hydrogen (secondary N) is 1. The third kappa shape index (κ3) is 2.24. The van der Waals surface area contributed by atoms with Gasteiger partial charge < -0.3 is 5.32 Å². The molecule has 1 amide bonds. The number of halogens is 1. The predicted octanol–water partition coefficient (Wildman–Crippen LogP) is 2.64. The lowest BCUT2D eigenvalue weighted by atomic mass is 10.2. The van der Waals surface area contributed by atoms with Crippen molar-refractivity contribution in [2.75, 3.05) is 5.32 Å². The van der Waals surface area contributed by atoms with Crippen molar-refractivity contribution >= 4 is 22.7 Å². The molecule has 2 nitrogen and oxygen atoms in total. The molecule has 0 aromatic heterocycles. The minimum atomic E-state index is -0.596. The van der Waals surface area contributed by atoms with Crippen molar-refractivity contribution < 1.29 is 4.79 Å². The maximum Gasteiger partial charge on any atom is 0.318 e. The number of carbonyl (C=O) groups is 1. The second-order valence-corrected chi connectivity index (χ2v) is 2.40. The van der Waals surface area contributed by atoms with Gasteiger partial charge in [-0.3, -0.25) is 4.79 Å². The van der Waals surface area contributed by atoms with Gasteiger partial charge in [-0.1, -0.05) is 18.2 Å². The smallest absolute Gasteiger partial charge is 0.312 e. The number of benzene rings is 1. The molecule has 0 heterocycles. The van der Waals surface area contributed by atoms with Crippen LogP contribution in [0.4, 0.5) is 10.5 Å². The van der Waals surface area contributed by atoms with Crippen LogP contribution in [0.25, 0.3) is 0 Å².